The van der Waals surface area contributed by atoms with Crippen LogP contribution in [-0.2, 0) is 4.74 Å². The predicted octanol–water partition coefficient (Wildman–Crippen LogP) is 3.43. The van der Waals surface area contributed by atoms with Crippen LogP contribution in [0, 0.1) is 0 Å². The standard InChI is InChI=1S/C15H20ClNO3/c1-2-9-20-11-5-4-8-17(10-11)14-12(15(18)19)6-3-7-13(14)16/h3,6-7,11H,2,4-5,8-10H2,1H3,(H,18,19). The van der Waals surface area contributed by atoms with Crippen molar-refractivity contribution < 1.29 is 14.6 Å². The molecule has 0 saturated carbocycles. The van der Waals surface area contributed by atoms with Gasteiger partial charge < -0.3 is 14.7 Å². The number of piperidine rings is 1. The Hall–Kier alpha value is -1.26. The van der Waals surface area contributed by atoms with Crippen molar-refractivity contribution in [2.24, 2.45) is 0 Å². The second-order valence-electron chi connectivity index (χ2n) is 5.02. The van der Waals surface area contributed by atoms with Crippen molar-refractivity contribution in [1.82, 2.24) is 0 Å². The molecule has 110 valence electrons. The van der Waals surface area contributed by atoms with Crippen molar-refractivity contribution in [2.75, 3.05) is 24.6 Å². The molecule has 2 rings (SSSR count). The second-order valence-corrected chi connectivity index (χ2v) is 5.43. The predicted molar refractivity (Wildman–Crippen MR) is 79.9 cm³/mol. The largest absolute Gasteiger partial charge is 0.478 e. The number of benzene rings is 1. The van der Waals surface area contributed by atoms with E-state index in [0.717, 1.165) is 32.4 Å². The SMILES string of the molecule is CCCOC1CCCN(c2c(Cl)cccc2C(=O)O)C1. The lowest BCUT2D eigenvalue weighted by molar-refractivity contribution is 0.0439. The van der Waals surface area contributed by atoms with Crippen LogP contribution >= 0.6 is 11.6 Å². The molecule has 5 heteroatoms. The molecule has 1 aromatic rings. The van der Waals surface area contributed by atoms with Gasteiger partial charge >= 0.3 is 5.97 Å². The molecular formula is C15H20ClNO3. The van der Waals surface area contributed by atoms with Gasteiger partial charge in [0.25, 0.3) is 0 Å². The van der Waals surface area contributed by atoms with Crippen LogP contribution in [0.3, 0.4) is 0 Å². The maximum absolute atomic E-state index is 11.4. The van der Waals surface area contributed by atoms with E-state index in [2.05, 4.69) is 6.92 Å². The molecule has 1 N–H and O–H groups in total. The number of nitrogens with zero attached hydrogens (tertiary/aromatic N) is 1. The number of carboxylic acids is 1. The van der Waals surface area contributed by atoms with E-state index in [1.54, 1.807) is 18.2 Å². The Morgan fingerprint density at radius 3 is 3.05 bits per heavy atom. The summed E-state index contributed by atoms with van der Waals surface area (Å²) in [5.74, 6) is -0.945. The molecule has 1 aliphatic heterocycles. The molecule has 1 atom stereocenters. The molecule has 1 aromatic carbocycles. The number of hydrogen-bond donors (Lipinski definition) is 1. The Bertz CT molecular complexity index is 478. The zero-order chi connectivity index (χ0) is 14.5. The first-order valence-electron chi connectivity index (χ1n) is 7.01. The van der Waals surface area contributed by atoms with Crippen LogP contribution in [0.15, 0.2) is 18.2 Å². The lowest BCUT2D eigenvalue weighted by atomic mass is 10.0. The molecule has 0 amide bonds. The van der Waals surface area contributed by atoms with E-state index in [1.165, 1.54) is 0 Å². The summed E-state index contributed by atoms with van der Waals surface area (Å²) < 4.78 is 5.79. The minimum Gasteiger partial charge on any atom is -0.478 e. The lowest BCUT2D eigenvalue weighted by Gasteiger charge is -2.35. The molecule has 0 aliphatic carbocycles. The molecule has 0 spiro atoms. The third-order valence-electron chi connectivity index (χ3n) is 3.47. The van der Waals surface area contributed by atoms with E-state index >= 15 is 0 Å². The van der Waals surface area contributed by atoms with Gasteiger partial charge in [-0.3, -0.25) is 0 Å². The zero-order valence-corrected chi connectivity index (χ0v) is 12.4. The summed E-state index contributed by atoms with van der Waals surface area (Å²) in [4.78, 5) is 13.4. The molecule has 1 unspecified atom stereocenters. The highest BCUT2D eigenvalue weighted by atomic mass is 35.5. The Kier molecular flexibility index (Phi) is 5.26. The normalized spacial score (nSPS) is 19.1. The Balaban J connectivity index is 2.20. The smallest absolute Gasteiger partial charge is 0.337 e. The van der Waals surface area contributed by atoms with E-state index in [0.29, 0.717) is 17.3 Å². The van der Waals surface area contributed by atoms with Crippen molar-refractivity contribution >= 4 is 23.3 Å². The number of ether oxygens (including phenoxy) is 1. The van der Waals surface area contributed by atoms with E-state index < -0.39 is 5.97 Å². The molecule has 1 saturated heterocycles. The van der Waals surface area contributed by atoms with Crippen LogP contribution in [-0.4, -0.2) is 36.9 Å². The molecule has 1 heterocycles. The van der Waals surface area contributed by atoms with Crippen LogP contribution in [0.4, 0.5) is 5.69 Å². The van der Waals surface area contributed by atoms with Gasteiger partial charge in [-0.15, -0.1) is 0 Å². The number of anilines is 1. The van der Waals surface area contributed by atoms with Gasteiger partial charge in [0.05, 0.1) is 22.4 Å². The van der Waals surface area contributed by atoms with Gasteiger partial charge in [-0.05, 0) is 31.4 Å². The maximum atomic E-state index is 11.4. The van der Waals surface area contributed by atoms with E-state index in [4.69, 9.17) is 16.3 Å². The fourth-order valence-electron chi connectivity index (χ4n) is 2.57. The highest BCUT2D eigenvalue weighted by Crippen LogP contribution is 2.32. The number of carbonyl (C=O) groups is 1. The Labute approximate surface area is 124 Å². The van der Waals surface area contributed by atoms with Gasteiger partial charge in [-0.1, -0.05) is 24.6 Å². The summed E-state index contributed by atoms with van der Waals surface area (Å²) in [5, 5.41) is 9.80. The van der Waals surface area contributed by atoms with Gasteiger partial charge in [0.1, 0.15) is 0 Å². The van der Waals surface area contributed by atoms with Crippen LogP contribution in [0.5, 0.6) is 0 Å². The first-order chi connectivity index (χ1) is 9.63. The summed E-state index contributed by atoms with van der Waals surface area (Å²) >= 11 is 6.21. The first-order valence-corrected chi connectivity index (χ1v) is 7.39. The van der Waals surface area contributed by atoms with E-state index in [9.17, 15) is 9.90 Å². The fraction of sp³-hybridized carbons (Fsp3) is 0.533. The van der Waals surface area contributed by atoms with E-state index in [1.807, 2.05) is 4.90 Å². The number of hydrogen-bond acceptors (Lipinski definition) is 3. The van der Waals surface area contributed by atoms with Crippen LogP contribution in [0.2, 0.25) is 5.02 Å². The zero-order valence-electron chi connectivity index (χ0n) is 11.6. The monoisotopic (exact) mass is 297 g/mol. The van der Waals surface area contributed by atoms with Gasteiger partial charge in [-0.2, -0.15) is 0 Å². The van der Waals surface area contributed by atoms with E-state index in [-0.39, 0.29) is 11.7 Å². The van der Waals surface area contributed by atoms with Crippen molar-refractivity contribution in [3.63, 3.8) is 0 Å². The number of halogens is 1. The Morgan fingerprint density at radius 1 is 1.55 bits per heavy atom. The van der Waals surface area contributed by atoms with Crippen molar-refractivity contribution in [3.8, 4) is 0 Å². The van der Waals surface area contributed by atoms with Crippen molar-refractivity contribution in [1.29, 1.82) is 0 Å². The number of rotatable bonds is 5. The van der Waals surface area contributed by atoms with Gasteiger partial charge in [0.15, 0.2) is 0 Å². The molecule has 20 heavy (non-hydrogen) atoms. The topological polar surface area (TPSA) is 49.8 Å². The van der Waals surface area contributed by atoms with Gasteiger partial charge in [-0.25, -0.2) is 4.79 Å². The third kappa shape index (κ3) is 3.44. The average Bonchev–Trinajstić information content (AvgIpc) is 2.45. The number of aromatic carboxylic acids is 1. The molecule has 0 aromatic heterocycles. The minimum atomic E-state index is -0.945. The minimum absolute atomic E-state index is 0.154. The highest BCUT2D eigenvalue weighted by molar-refractivity contribution is 6.34. The van der Waals surface area contributed by atoms with Crippen LogP contribution < -0.4 is 4.90 Å². The Morgan fingerprint density at radius 2 is 2.35 bits per heavy atom. The molecule has 1 fully saturated rings. The summed E-state index contributed by atoms with van der Waals surface area (Å²) in [6.45, 7) is 4.34. The average molecular weight is 298 g/mol. The molecular weight excluding hydrogens is 278 g/mol. The highest BCUT2D eigenvalue weighted by Gasteiger charge is 2.25. The maximum Gasteiger partial charge on any atom is 0.337 e. The lowest BCUT2D eigenvalue weighted by Crippen LogP contribution is -2.40. The molecule has 1 aliphatic rings. The van der Waals surface area contributed by atoms with Crippen LogP contribution in [0.25, 0.3) is 0 Å². The molecule has 4 nitrogen and oxygen atoms in total. The summed E-state index contributed by atoms with van der Waals surface area (Å²) in [6.07, 6.45) is 3.15. The second kappa shape index (κ2) is 6.95. The van der Waals surface area contributed by atoms with Crippen LogP contribution in [0.1, 0.15) is 36.5 Å². The summed E-state index contributed by atoms with van der Waals surface area (Å²) in [7, 11) is 0. The molecule has 0 bridgehead atoms. The first kappa shape index (κ1) is 15.1. The third-order valence-corrected chi connectivity index (χ3v) is 3.77. The molecule has 0 radical (unpaired) electrons. The van der Waals surface area contributed by atoms with Gasteiger partial charge in [0.2, 0.25) is 0 Å². The summed E-state index contributed by atoms with van der Waals surface area (Å²) in [5.41, 5.74) is 0.875. The number of carboxylic acid groups (broad SMARTS) is 1. The fourth-order valence-corrected chi connectivity index (χ4v) is 2.87. The van der Waals surface area contributed by atoms with Gasteiger partial charge in [0, 0.05) is 19.7 Å². The summed E-state index contributed by atoms with van der Waals surface area (Å²) in [6, 6.07) is 5.00. The number of para-hydroxylation sites is 1. The van der Waals surface area contributed by atoms with Crippen molar-refractivity contribution in [2.45, 2.75) is 32.3 Å². The van der Waals surface area contributed by atoms with Crippen molar-refractivity contribution in [3.05, 3.63) is 28.8 Å². The quantitative estimate of drug-likeness (QED) is 0.904.